The minimum absolute atomic E-state index is 0.0287. The second-order valence-electron chi connectivity index (χ2n) is 5.93. The van der Waals surface area contributed by atoms with Crippen molar-refractivity contribution in [1.82, 2.24) is 15.5 Å². The Bertz CT molecular complexity index is 1050. The van der Waals surface area contributed by atoms with Crippen LogP contribution in [-0.4, -0.2) is 38.5 Å². The summed E-state index contributed by atoms with van der Waals surface area (Å²) < 4.78 is 0.339. The number of aromatic nitrogens is 2. The second kappa shape index (κ2) is 7.94. The Morgan fingerprint density at radius 1 is 1.14 bits per heavy atom. The lowest BCUT2D eigenvalue weighted by molar-refractivity contribution is 0.0970. The van der Waals surface area contributed by atoms with Gasteiger partial charge in [-0.25, -0.2) is 0 Å². The number of amides is 2. The molecule has 2 heterocycles. The Morgan fingerprint density at radius 3 is 2.71 bits per heavy atom. The fourth-order valence-electron chi connectivity index (χ4n) is 2.70. The minimum atomic E-state index is -0.428. The number of aliphatic imine (C=N–C) groups is 1. The zero-order valence-corrected chi connectivity index (χ0v) is 17.3. The van der Waals surface area contributed by atoms with E-state index in [9.17, 15) is 9.59 Å². The number of rotatable bonds is 3. The van der Waals surface area contributed by atoms with Gasteiger partial charge in [-0.2, -0.15) is 5.10 Å². The summed E-state index contributed by atoms with van der Waals surface area (Å²) in [6.45, 7) is 0. The van der Waals surface area contributed by atoms with E-state index >= 15 is 0 Å². The number of anilines is 1. The number of hydrogen-bond donors (Lipinski definition) is 3. The Hall–Kier alpha value is -2.36. The van der Waals surface area contributed by atoms with Crippen molar-refractivity contribution in [2.24, 2.45) is 4.99 Å². The Kier molecular flexibility index (Phi) is 5.38. The third-order valence-corrected chi connectivity index (χ3v) is 6.32. The van der Waals surface area contributed by atoms with E-state index in [1.165, 1.54) is 11.8 Å². The molecule has 0 saturated carbocycles. The van der Waals surface area contributed by atoms with Crippen molar-refractivity contribution < 1.29 is 9.59 Å². The first-order valence-corrected chi connectivity index (χ1v) is 10.3. The molecule has 4 rings (SSSR count). The van der Waals surface area contributed by atoms with Crippen LogP contribution in [0.2, 0.25) is 5.02 Å². The number of H-pyrrole nitrogens is 1. The van der Waals surface area contributed by atoms with Crippen LogP contribution in [-0.2, 0) is 0 Å². The predicted octanol–water partition coefficient (Wildman–Crippen LogP) is 3.77. The highest BCUT2D eigenvalue weighted by molar-refractivity contribution is 9.10. The molecule has 0 bridgehead atoms. The number of halogens is 2. The molecule has 2 aromatic rings. The predicted molar refractivity (Wildman–Crippen MR) is 114 cm³/mol. The van der Waals surface area contributed by atoms with E-state index in [1.54, 1.807) is 24.3 Å². The highest BCUT2D eigenvalue weighted by Crippen LogP contribution is 2.30. The molecule has 2 atom stereocenters. The summed E-state index contributed by atoms with van der Waals surface area (Å²) in [5.41, 5.74) is 0.490. The third-order valence-electron chi connectivity index (χ3n) is 4.08. The van der Waals surface area contributed by atoms with Crippen molar-refractivity contribution >= 4 is 62.1 Å². The van der Waals surface area contributed by atoms with Crippen molar-refractivity contribution in [3.63, 3.8) is 0 Å². The first-order chi connectivity index (χ1) is 13.5. The van der Waals surface area contributed by atoms with Gasteiger partial charge in [0.25, 0.3) is 11.8 Å². The molecule has 28 heavy (non-hydrogen) atoms. The Balaban J connectivity index is 1.45. The van der Waals surface area contributed by atoms with E-state index in [0.717, 1.165) is 0 Å². The van der Waals surface area contributed by atoms with E-state index in [4.69, 9.17) is 11.6 Å². The number of thioether (sulfide) groups is 1. The van der Waals surface area contributed by atoms with Crippen LogP contribution < -0.4 is 10.6 Å². The van der Waals surface area contributed by atoms with Gasteiger partial charge in [0.2, 0.25) is 0 Å². The van der Waals surface area contributed by atoms with Gasteiger partial charge in [-0.05, 0) is 28.1 Å². The summed E-state index contributed by atoms with van der Waals surface area (Å²) in [4.78, 5) is 29.4. The van der Waals surface area contributed by atoms with Crippen LogP contribution in [0.1, 0.15) is 20.8 Å². The largest absolute Gasteiger partial charge is 0.304 e. The molecule has 0 saturated heterocycles. The maximum atomic E-state index is 12.6. The van der Waals surface area contributed by atoms with Crippen LogP contribution in [0.25, 0.3) is 0 Å². The lowest BCUT2D eigenvalue weighted by atomic mass is 10.1. The summed E-state index contributed by atoms with van der Waals surface area (Å²) >= 11 is 10.8. The summed E-state index contributed by atoms with van der Waals surface area (Å²) in [6, 6.07) is 6.69. The van der Waals surface area contributed by atoms with Gasteiger partial charge in [-0.15, -0.1) is 0 Å². The number of carbonyl (C=O) groups is 2. The molecule has 2 aliphatic rings. The molecule has 1 aromatic heterocycles. The first kappa shape index (κ1) is 19.0. The van der Waals surface area contributed by atoms with Gasteiger partial charge in [-0.3, -0.25) is 25.0 Å². The second-order valence-corrected chi connectivity index (χ2v) is 8.29. The number of carbonyl (C=O) groups excluding carboxylic acids is 2. The molecule has 1 aromatic carbocycles. The van der Waals surface area contributed by atoms with Gasteiger partial charge in [0.05, 0.1) is 26.4 Å². The van der Waals surface area contributed by atoms with Gasteiger partial charge >= 0.3 is 0 Å². The minimum Gasteiger partial charge on any atom is -0.304 e. The fraction of sp³-hybridized carbons (Fsp3) is 0.111. The van der Waals surface area contributed by atoms with Crippen LogP contribution in [0.5, 0.6) is 0 Å². The number of hydrogen-bond acceptors (Lipinski definition) is 5. The molecule has 0 fully saturated rings. The highest BCUT2D eigenvalue weighted by Gasteiger charge is 2.29. The zero-order valence-electron chi connectivity index (χ0n) is 14.1. The van der Waals surface area contributed by atoms with Crippen LogP contribution >= 0.6 is 39.3 Å². The van der Waals surface area contributed by atoms with Crippen molar-refractivity contribution in [3.8, 4) is 0 Å². The van der Waals surface area contributed by atoms with Crippen LogP contribution in [0.4, 0.5) is 5.82 Å². The van der Waals surface area contributed by atoms with E-state index in [-0.39, 0.29) is 22.8 Å². The van der Waals surface area contributed by atoms with Gasteiger partial charge in [0, 0.05) is 0 Å². The molecule has 2 unspecified atom stereocenters. The maximum absolute atomic E-state index is 12.6. The quantitative estimate of drug-likeness (QED) is 0.625. The number of nitrogens with zero attached hydrogens (tertiary/aromatic N) is 2. The maximum Gasteiger partial charge on any atom is 0.276 e. The summed E-state index contributed by atoms with van der Waals surface area (Å²) in [7, 11) is 0. The molecule has 10 heteroatoms. The molecule has 0 radical (unpaired) electrons. The monoisotopic (exact) mass is 477 g/mol. The average Bonchev–Trinajstić information content (AvgIpc) is 3.25. The standard InChI is InChI=1S/C18H13BrClN5O2S/c19-13-14(17(27)23-18-21-11-7-3-4-8-12(11)28-18)24-25-15(13)22-16(26)9-5-1-2-6-10(9)20/h1-8,11-12H,(H,21,23,27)(H2,22,24,25,26). The molecule has 142 valence electrons. The third kappa shape index (κ3) is 3.78. The smallest absolute Gasteiger partial charge is 0.276 e. The SMILES string of the molecule is O=C(Nc1n[nH]c(C(=O)NC2=NC3C=CC=CC3S2)c1Br)c1ccccc1Cl. The number of benzene rings is 1. The normalized spacial score (nSPS) is 19.9. The zero-order chi connectivity index (χ0) is 19.7. The van der Waals surface area contributed by atoms with Crippen LogP contribution in [0.15, 0.2) is 58.0 Å². The highest BCUT2D eigenvalue weighted by atomic mass is 79.9. The van der Waals surface area contributed by atoms with E-state index in [2.05, 4.69) is 41.8 Å². The number of aromatic amines is 1. The van der Waals surface area contributed by atoms with Crippen molar-refractivity contribution in [1.29, 1.82) is 0 Å². The average molecular weight is 479 g/mol. The van der Waals surface area contributed by atoms with E-state index < -0.39 is 11.8 Å². The molecule has 0 spiro atoms. The van der Waals surface area contributed by atoms with Gasteiger partial charge in [-0.1, -0.05) is 59.8 Å². The lowest BCUT2D eigenvalue weighted by Gasteiger charge is -2.10. The van der Waals surface area contributed by atoms with Gasteiger partial charge in [0.15, 0.2) is 11.0 Å². The van der Waals surface area contributed by atoms with Crippen molar-refractivity contribution in [2.45, 2.75) is 11.3 Å². The van der Waals surface area contributed by atoms with Crippen LogP contribution in [0, 0.1) is 0 Å². The number of nitrogens with one attached hydrogen (secondary N) is 3. The molecule has 2 amide bonds. The number of amidine groups is 1. The van der Waals surface area contributed by atoms with Crippen molar-refractivity contribution in [2.75, 3.05) is 5.32 Å². The van der Waals surface area contributed by atoms with Gasteiger partial charge in [0.1, 0.15) is 5.69 Å². The van der Waals surface area contributed by atoms with Gasteiger partial charge < -0.3 is 5.32 Å². The Labute approximate surface area is 177 Å². The number of allylic oxidation sites excluding steroid dienone is 2. The summed E-state index contributed by atoms with van der Waals surface area (Å²) in [5.74, 6) is -0.644. The van der Waals surface area contributed by atoms with E-state index in [0.29, 0.717) is 20.2 Å². The summed E-state index contributed by atoms with van der Waals surface area (Å²) in [6.07, 6.45) is 7.95. The molecular weight excluding hydrogens is 466 g/mol. The van der Waals surface area contributed by atoms with Crippen LogP contribution in [0.3, 0.4) is 0 Å². The Morgan fingerprint density at radius 2 is 1.93 bits per heavy atom. The summed E-state index contributed by atoms with van der Waals surface area (Å²) in [5, 5.41) is 13.1. The molecule has 7 nitrogen and oxygen atoms in total. The molecular formula is C18H13BrClN5O2S. The fourth-order valence-corrected chi connectivity index (χ4v) is 4.43. The molecule has 1 aliphatic heterocycles. The lowest BCUT2D eigenvalue weighted by Crippen LogP contribution is -2.28. The van der Waals surface area contributed by atoms with E-state index in [1.807, 2.05) is 24.3 Å². The first-order valence-electron chi connectivity index (χ1n) is 8.23. The van der Waals surface area contributed by atoms with Crippen molar-refractivity contribution in [3.05, 3.63) is 69.3 Å². The molecule has 1 aliphatic carbocycles. The molecule has 3 N–H and O–H groups in total. The number of fused-ring (bicyclic) bond motifs is 1. The topological polar surface area (TPSA) is 99.2 Å².